The van der Waals surface area contributed by atoms with Gasteiger partial charge in [-0.2, -0.15) is 0 Å². The van der Waals surface area contributed by atoms with Crippen molar-refractivity contribution in [1.29, 1.82) is 0 Å². The predicted molar refractivity (Wildman–Crippen MR) is 119 cm³/mol. The molecule has 30 heavy (non-hydrogen) atoms. The fourth-order valence-corrected chi connectivity index (χ4v) is 8.55. The second-order valence-corrected chi connectivity index (χ2v) is 11.5. The van der Waals surface area contributed by atoms with Crippen LogP contribution in [0.25, 0.3) is 0 Å². The molecule has 1 aromatic rings. The molecule has 2 heterocycles. The molecule has 162 valence electrons. The van der Waals surface area contributed by atoms with Crippen molar-refractivity contribution >= 4 is 28.3 Å². The molecule has 1 aliphatic heterocycles. The first-order valence-electron chi connectivity index (χ1n) is 11.4. The minimum Gasteiger partial charge on any atom is -0.319 e. The Balaban J connectivity index is 1.44. The summed E-state index contributed by atoms with van der Waals surface area (Å²) < 4.78 is 0. The minimum absolute atomic E-state index is 0.0625. The molecule has 4 aliphatic rings. The normalized spacial score (nSPS) is 40.7. The number of nitrogens with one attached hydrogen (secondary N) is 1. The standard InChI is InChI=1S/C24H33N3O2S/c1-14-13-15-16-5-6-18(21(29)26-22-25-11-12-30-22)23(16,2)9-7-17(15)24(3)10-8-19(28)27(4)20(14)24/h11-12,15-18H,5-10,13H2,1-4H3,(H,25,26,29)/t15?,16-,17?,18+,23-,24+/m0/s1. The van der Waals surface area contributed by atoms with Crippen molar-refractivity contribution in [3.05, 3.63) is 22.8 Å². The molecule has 1 aromatic heterocycles. The molecular formula is C24H33N3O2S. The fourth-order valence-electron chi connectivity index (χ4n) is 8.02. The SMILES string of the molecule is CC1=C2N(C)C(=O)CC[C@]2(C)C2CC[C@]3(C)[C@@H](C(=O)Nc4nccs4)CC[C@H]3C2C1. The summed E-state index contributed by atoms with van der Waals surface area (Å²) in [6, 6.07) is 0. The summed E-state index contributed by atoms with van der Waals surface area (Å²) in [7, 11) is 1.97. The van der Waals surface area contributed by atoms with Crippen molar-refractivity contribution in [3.8, 4) is 0 Å². The van der Waals surface area contributed by atoms with Crippen molar-refractivity contribution < 1.29 is 9.59 Å². The molecule has 3 aliphatic carbocycles. The second-order valence-electron chi connectivity index (χ2n) is 10.6. The number of aromatic nitrogens is 1. The number of fused-ring (bicyclic) bond motifs is 5. The van der Waals surface area contributed by atoms with Gasteiger partial charge in [0.05, 0.1) is 0 Å². The van der Waals surface area contributed by atoms with E-state index in [-0.39, 0.29) is 28.6 Å². The lowest BCUT2D eigenvalue weighted by Crippen LogP contribution is -2.54. The van der Waals surface area contributed by atoms with Gasteiger partial charge in [0.25, 0.3) is 0 Å². The summed E-state index contributed by atoms with van der Waals surface area (Å²) in [4.78, 5) is 31.8. The van der Waals surface area contributed by atoms with Crippen molar-refractivity contribution in [3.63, 3.8) is 0 Å². The van der Waals surface area contributed by atoms with Crippen molar-refractivity contribution in [2.75, 3.05) is 12.4 Å². The van der Waals surface area contributed by atoms with Gasteiger partial charge in [0.15, 0.2) is 5.13 Å². The molecule has 6 atom stereocenters. The number of hydrogen-bond acceptors (Lipinski definition) is 4. The average molecular weight is 428 g/mol. The van der Waals surface area contributed by atoms with Gasteiger partial charge in [0.2, 0.25) is 11.8 Å². The molecule has 2 saturated carbocycles. The van der Waals surface area contributed by atoms with E-state index >= 15 is 0 Å². The van der Waals surface area contributed by atoms with Crippen molar-refractivity contribution in [2.45, 2.75) is 65.7 Å². The molecule has 5 nitrogen and oxygen atoms in total. The van der Waals surface area contributed by atoms with E-state index < -0.39 is 0 Å². The zero-order valence-corrected chi connectivity index (χ0v) is 19.3. The third kappa shape index (κ3) is 2.75. The lowest BCUT2D eigenvalue weighted by Gasteiger charge is -2.59. The van der Waals surface area contributed by atoms with Crippen LogP contribution in [0, 0.1) is 34.5 Å². The number of rotatable bonds is 2. The van der Waals surface area contributed by atoms with Crippen molar-refractivity contribution in [1.82, 2.24) is 9.88 Å². The van der Waals surface area contributed by atoms with Gasteiger partial charge in [0, 0.05) is 42.1 Å². The van der Waals surface area contributed by atoms with E-state index in [1.165, 1.54) is 22.6 Å². The zero-order valence-electron chi connectivity index (χ0n) is 18.5. The molecule has 0 aromatic carbocycles. The van der Waals surface area contributed by atoms with Crippen LogP contribution in [-0.2, 0) is 9.59 Å². The van der Waals surface area contributed by atoms with E-state index in [1.54, 1.807) is 6.20 Å². The van der Waals surface area contributed by atoms with E-state index in [0.29, 0.717) is 29.3 Å². The Morgan fingerprint density at radius 1 is 1.23 bits per heavy atom. The highest BCUT2D eigenvalue weighted by Gasteiger charge is 2.61. The number of thiazole rings is 1. The van der Waals surface area contributed by atoms with Gasteiger partial charge < -0.3 is 10.2 Å². The van der Waals surface area contributed by atoms with Crippen molar-refractivity contribution in [2.24, 2.45) is 34.5 Å². The topological polar surface area (TPSA) is 62.3 Å². The Morgan fingerprint density at radius 2 is 2.03 bits per heavy atom. The van der Waals surface area contributed by atoms with Crippen LogP contribution >= 0.6 is 11.3 Å². The number of anilines is 1. The van der Waals surface area contributed by atoms with E-state index in [4.69, 9.17) is 0 Å². The van der Waals surface area contributed by atoms with Crippen LogP contribution in [0.5, 0.6) is 0 Å². The van der Waals surface area contributed by atoms with E-state index in [1.807, 2.05) is 17.3 Å². The van der Waals surface area contributed by atoms with Gasteiger partial charge in [0.1, 0.15) is 0 Å². The van der Waals surface area contributed by atoms with Crippen LogP contribution in [-0.4, -0.2) is 28.7 Å². The Morgan fingerprint density at radius 3 is 2.77 bits per heavy atom. The summed E-state index contributed by atoms with van der Waals surface area (Å²) in [5.41, 5.74) is 2.86. The molecule has 2 amide bonds. The molecule has 1 N–H and O–H groups in total. The van der Waals surface area contributed by atoms with Crippen LogP contribution in [0.15, 0.2) is 22.8 Å². The lowest BCUT2D eigenvalue weighted by atomic mass is 9.48. The highest BCUT2D eigenvalue weighted by molar-refractivity contribution is 7.13. The van der Waals surface area contributed by atoms with Crippen LogP contribution < -0.4 is 5.32 Å². The Bertz CT molecular complexity index is 910. The smallest absolute Gasteiger partial charge is 0.229 e. The Kier molecular flexibility index (Phi) is 4.66. The third-order valence-corrected chi connectivity index (χ3v) is 9.98. The summed E-state index contributed by atoms with van der Waals surface area (Å²) in [5, 5.41) is 5.70. The van der Waals surface area contributed by atoms with E-state index in [2.05, 4.69) is 31.1 Å². The first kappa shape index (κ1) is 20.2. The molecule has 0 bridgehead atoms. The highest BCUT2D eigenvalue weighted by atomic mass is 32.1. The molecule has 0 spiro atoms. The van der Waals surface area contributed by atoms with Crippen LogP contribution in [0.1, 0.15) is 65.7 Å². The first-order valence-corrected chi connectivity index (χ1v) is 12.3. The maximum Gasteiger partial charge on any atom is 0.229 e. The van der Waals surface area contributed by atoms with Crippen LogP contribution in [0.4, 0.5) is 5.13 Å². The third-order valence-electron chi connectivity index (χ3n) is 9.29. The number of carbonyl (C=O) groups excluding carboxylic acids is 2. The Labute approximate surface area is 183 Å². The number of nitrogens with zero attached hydrogens (tertiary/aromatic N) is 2. The van der Waals surface area contributed by atoms with E-state index in [9.17, 15) is 9.59 Å². The van der Waals surface area contributed by atoms with Gasteiger partial charge in [-0.25, -0.2) is 4.98 Å². The number of carbonyl (C=O) groups is 2. The number of allylic oxidation sites excluding steroid dienone is 2. The quantitative estimate of drug-likeness (QED) is 0.716. The first-order chi connectivity index (χ1) is 14.3. The minimum atomic E-state index is 0.0625. The molecule has 2 unspecified atom stereocenters. The second kappa shape index (κ2) is 6.91. The summed E-state index contributed by atoms with van der Waals surface area (Å²) in [5.74, 6) is 2.32. The van der Waals surface area contributed by atoms with Crippen LogP contribution in [0.2, 0.25) is 0 Å². The summed E-state index contributed by atoms with van der Waals surface area (Å²) >= 11 is 1.49. The molecule has 0 radical (unpaired) electrons. The van der Waals surface area contributed by atoms with Gasteiger partial charge in [-0.15, -0.1) is 11.3 Å². The summed E-state index contributed by atoms with van der Waals surface area (Å²) in [6.45, 7) is 7.03. The maximum atomic E-state index is 13.2. The zero-order chi connectivity index (χ0) is 21.3. The van der Waals surface area contributed by atoms with Gasteiger partial charge in [-0.05, 0) is 68.6 Å². The van der Waals surface area contributed by atoms with Crippen LogP contribution in [0.3, 0.4) is 0 Å². The lowest BCUT2D eigenvalue weighted by molar-refractivity contribution is -0.137. The fraction of sp³-hybridized carbons (Fsp3) is 0.708. The number of piperidine rings is 1. The van der Waals surface area contributed by atoms with Gasteiger partial charge in [-0.1, -0.05) is 19.4 Å². The Hall–Kier alpha value is -1.69. The van der Waals surface area contributed by atoms with E-state index in [0.717, 1.165) is 38.5 Å². The number of likely N-dealkylation sites (tertiary alicyclic amines) is 1. The summed E-state index contributed by atoms with van der Waals surface area (Å²) in [6.07, 6.45) is 8.84. The molecular weight excluding hydrogens is 394 g/mol. The average Bonchev–Trinajstić information content (AvgIpc) is 3.32. The largest absolute Gasteiger partial charge is 0.319 e. The number of amides is 2. The monoisotopic (exact) mass is 427 g/mol. The highest BCUT2D eigenvalue weighted by Crippen LogP contribution is 2.66. The number of hydrogen-bond donors (Lipinski definition) is 1. The van der Waals surface area contributed by atoms with Gasteiger partial charge >= 0.3 is 0 Å². The van der Waals surface area contributed by atoms with Gasteiger partial charge in [-0.3, -0.25) is 9.59 Å². The maximum absolute atomic E-state index is 13.2. The molecule has 5 rings (SSSR count). The predicted octanol–water partition coefficient (Wildman–Crippen LogP) is 5.08. The molecule has 6 heteroatoms. The molecule has 1 saturated heterocycles. The molecule has 3 fully saturated rings.